The van der Waals surface area contributed by atoms with Gasteiger partial charge in [-0.05, 0) is 94.5 Å². The van der Waals surface area contributed by atoms with Crippen molar-refractivity contribution in [1.82, 2.24) is 19.5 Å². The molecule has 0 saturated heterocycles. The lowest BCUT2D eigenvalue weighted by Crippen LogP contribution is -2.02. The van der Waals surface area contributed by atoms with Crippen LogP contribution in [-0.4, -0.2) is 19.5 Å². The highest BCUT2D eigenvalue weighted by atomic mass is 16.3. The Morgan fingerprint density at radius 2 is 0.806 bits per heavy atom. The highest BCUT2D eigenvalue weighted by molar-refractivity contribution is 6.21. The van der Waals surface area contributed by atoms with Gasteiger partial charge in [-0.3, -0.25) is 0 Å². The summed E-state index contributed by atoms with van der Waals surface area (Å²) in [5.74, 6) is 1.60. The number of nitrogens with zero attached hydrogens (tertiary/aromatic N) is 4. The maximum atomic E-state index is 6.60. The molecule has 0 aliphatic heterocycles. The van der Waals surface area contributed by atoms with Crippen LogP contribution >= 0.6 is 0 Å². The van der Waals surface area contributed by atoms with E-state index in [4.69, 9.17) is 28.2 Å². The minimum Gasteiger partial charge on any atom is -0.456 e. The average molecular weight is 921 g/mol. The standard InChI is InChI=1S/C65H36N4O3/c1-2-15-39-35-53-51(33-38(39)14-1)45-31-27-37-13-3-4-16-42(37)62(45)69(53)52-32-29-41(34-50(52)40-28-30-44-43-17-5-8-22-54(43)72-59(44)36-40)63-66-64(48-20-11-25-57-60(48)46-18-6-9-23-55(46)70-57)68-65(67-63)49-21-12-26-58-61(49)47-19-7-10-24-56(47)71-58/h1-36H. The highest BCUT2D eigenvalue weighted by Crippen LogP contribution is 2.44. The van der Waals surface area contributed by atoms with Crippen LogP contribution in [0.3, 0.4) is 0 Å². The SMILES string of the molecule is c1ccc2cc3c(cc2c1)c1ccc2ccccc2c1n3-c1ccc(-c2nc(-c3cccc4oc5ccccc5c34)nc(-c3cccc4oc5ccccc5c34)n2)cc1-c1ccc2c(c1)oc1ccccc12. The third-order valence-corrected chi connectivity index (χ3v) is 14.6. The number of aromatic nitrogens is 4. The first-order valence-electron chi connectivity index (χ1n) is 24.2. The second kappa shape index (κ2) is 14.8. The van der Waals surface area contributed by atoms with Gasteiger partial charge in [0.25, 0.3) is 0 Å². The molecule has 0 atom stereocenters. The summed E-state index contributed by atoms with van der Waals surface area (Å²) < 4.78 is 21.9. The minimum absolute atomic E-state index is 0.529. The van der Waals surface area contributed by atoms with E-state index >= 15 is 0 Å². The number of hydrogen-bond acceptors (Lipinski definition) is 6. The van der Waals surface area contributed by atoms with E-state index in [1.54, 1.807) is 0 Å². The predicted octanol–water partition coefficient (Wildman–Crippen LogP) is 17.6. The first kappa shape index (κ1) is 39.0. The van der Waals surface area contributed by atoms with E-state index in [0.717, 1.165) is 110 Å². The fourth-order valence-corrected chi connectivity index (χ4v) is 11.4. The summed E-state index contributed by atoms with van der Waals surface area (Å²) in [5.41, 5.74) is 12.6. The molecular weight excluding hydrogens is 885 g/mol. The second-order valence-electron chi connectivity index (χ2n) is 18.6. The summed E-state index contributed by atoms with van der Waals surface area (Å²) >= 11 is 0. The zero-order valence-corrected chi connectivity index (χ0v) is 38.3. The van der Waals surface area contributed by atoms with E-state index in [1.807, 2.05) is 72.8 Å². The molecule has 0 fully saturated rings. The van der Waals surface area contributed by atoms with Crippen LogP contribution in [-0.2, 0) is 0 Å². The number of benzene rings is 11. The van der Waals surface area contributed by atoms with Gasteiger partial charge < -0.3 is 17.8 Å². The zero-order chi connectivity index (χ0) is 47.0. The summed E-state index contributed by atoms with van der Waals surface area (Å²) in [5, 5.41) is 13.1. The van der Waals surface area contributed by atoms with Crippen molar-refractivity contribution in [3.05, 3.63) is 218 Å². The molecule has 5 aromatic heterocycles. The molecule has 0 amide bonds. The molecule has 0 aliphatic rings. The van der Waals surface area contributed by atoms with Crippen molar-refractivity contribution in [1.29, 1.82) is 0 Å². The van der Waals surface area contributed by atoms with Gasteiger partial charge in [0.1, 0.15) is 33.5 Å². The first-order chi connectivity index (χ1) is 35.7. The topological polar surface area (TPSA) is 83.0 Å². The number of fused-ring (bicyclic) bond motifs is 15. The molecule has 16 aromatic rings. The van der Waals surface area contributed by atoms with E-state index in [-0.39, 0.29) is 0 Å². The van der Waals surface area contributed by atoms with Crippen LogP contribution in [0.4, 0.5) is 0 Å². The van der Waals surface area contributed by atoms with E-state index in [9.17, 15) is 0 Å². The molecule has 11 aromatic carbocycles. The van der Waals surface area contributed by atoms with E-state index in [2.05, 4.69) is 150 Å². The average Bonchev–Trinajstić information content (AvgIpc) is 4.21. The van der Waals surface area contributed by atoms with E-state index < -0.39 is 0 Å². The summed E-state index contributed by atoms with van der Waals surface area (Å²) in [6, 6.07) is 76.4. The molecule has 0 unspecified atom stereocenters. The highest BCUT2D eigenvalue weighted by Gasteiger charge is 2.24. The third-order valence-electron chi connectivity index (χ3n) is 14.6. The lowest BCUT2D eigenvalue weighted by atomic mass is 9.98. The molecule has 0 radical (unpaired) electrons. The van der Waals surface area contributed by atoms with Crippen molar-refractivity contribution >= 4 is 109 Å². The van der Waals surface area contributed by atoms with Crippen LogP contribution in [0, 0.1) is 0 Å². The van der Waals surface area contributed by atoms with E-state index in [1.165, 1.54) is 32.3 Å². The van der Waals surface area contributed by atoms with Crippen LogP contribution in [0.25, 0.3) is 160 Å². The number of furan rings is 3. The summed E-state index contributed by atoms with van der Waals surface area (Å²) in [6.45, 7) is 0. The van der Waals surface area contributed by atoms with Gasteiger partial charge in [-0.15, -0.1) is 0 Å². The van der Waals surface area contributed by atoms with Gasteiger partial charge in [0, 0.05) is 70.7 Å². The number of rotatable bonds is 5. The second-order valence-corrected chi connectivity index (χ2v) is 18.6. The van der Waals surface area contributed by atoms with Crippen molar-refractivity contribution in [3.8, 4) is 51.0 Å². The lowest BCUT2D eigenvalue weighted by molar-refractivity contribution is 0.668. The Hall–Kier alpha value is -9.85. The third kappa shape index (κ3) is 5.70. The van der Waals surface area contributed by atoms with Gasteiger partial charge in [-0.1, -0.05) is 146 Å². The number of hydrogen-bond donors (Lipinski definition) is 0. The van der Waals surface area contributed by atoms with Crippen LogP contribution in [0.1, 0.15) is 0 Å². The van der Waals surface area contributed by atoms with Gasteiger partial charge in [0.15, 0.2) is 17.5 Å². The van der Waals surface area contributed by atoms with Gasteiger partial charge in [0.05, 0.1) is 16.7 Å². The predicted molar refractivity (Wildman–Crippen MR) is 293 cm³/mol. The fraction of sp³-hybridized carbons (Fsp3) is 0. The van der Waals surface area contributed by atoms with Crippen LogP contribution < -0.4 is 0 Å². The Labute approximate surface area is 409 Å². The summed E-state index contributed by atoms with van der Waals surface area (Å²) in [6.07, 6.45) is 0. The van der Waals surface area contributed by atoms with E-state index in [0.29, 0.717) is 17.5 Å². The Balaban J connectivity index is 1.01. The molecule has 334 valence electrons. The molecule has 0 spiro atoms. The Kier molecular flexibility index (Phi) is 8.04. The number of para-hydroxylation sites is 3. The monoisotopic (exact) mass is 920 g/mol. The molecule has 0 aliphatic carbocycles. The molecule has 72 heavy (non-hydrogen) atoms. The maximum Gasteiger partial charge on any atom is 0.164 e. The molecule has 0 bridgehead atoms. The molecule has 7 nitrogen and oxygen atoms in total. The first-order valence-corrected chi connectivity index (χ1v) is 24.2. The van der Waals surface area contributed by atoms with Crippen molar-refractivity contribution < 1.29 is 13.3 Å². The van der Waals surface area contributed by atoms with Gasteiger partial charge >= 0.3 is 0 Å². The Morgan fingerprint density at radius 1 is 0.292 bits per heavy atom. The van der Waals surface area contributed by atoms with Crippen molar-refractivity contribution in [2.75, 3.05) is 0 Å². The minimum atomic E-state index is 0.529. The van der Waals surface area contributed by atoms with Crippen LogP contribution in [0.15, 0.2) is 232 Å². The van der Waals surface area contributed by atoms with Gasteiger partial charge in [-0.2, -0.15) is 0 Å². The zero-order valence-electron chi connectivity index (χ0n) is 38.3. The molecule has 0 saturated carbocycles. The molecule has 7 heteroatoms. The smallest absolute Gasteiger partial charge is 0.164 e. The van der Waals surface area contributed by atoms with Crippen molar-refractivity contribution in [2.45, 2.75) is 0 Å². The Bertz CT molecular complexity index is 4820. The molecular formula is C65H36N4O3. The molecule has 16 rings (SSSR count). The van der Waals surface area contributed by atoms with Gasteiger partial charge in [0.2, 0.25) is 0 Å². The lowest BCUT2D eigenvalue weighted by Gasteiger charge is -2.17. The fourth-order valence-electron chi connectivity index (χ4n) is 11.4. The quantitative estimate of drug-likeness (QED) is 0.171. The Morgan fingerprint density at radius 3 is 1.50 bits per heavy atom. The summed E-state index contributed by atoms with van der Waals surface area (Å²) in [4.78, 5) is 16.2. The maximum absolute atomic E-state index is 6.60. The largest absolute Gasteiger partial charge is 0.456 e. The van der Waals surface area contributed by atoms with Crippen LogP contribution in [0.5, 0.6) is 0 Å². The molecule has 5 heterocycles. The molecule has 0 N–H and O–H groups in total. The van der Waals surface area contributed by atoms with Crippen molar-refractivity contribution in [3.63, 3.8) is 0 Å². The van der Waals surface area contributed by atoms with Gasteiger partial charge in [-0.25, -0.2) is 15.0 Å². The normalized spacial score (nSPS) is 12.2. The van der Waals surface area contributed by atoms with Crippen LogP contribution in [0.2, 0.25) is 0 Å². The van der Waals surface area contributed by atoms with Crippen molar-refractivity contribution in [2.24, 2.45) is 0 Å². The summed E-state index contributed by atoms with van der Waals surface area (Å²) in [7, 11) is 0.